The smallest absolute Gasteiger partial charge is 0.300 e. The molecule has 3 aromatic carbocycles. The number of hydrogen-bond acceptors (Lipinski definition) is 7. The van der Waals surface area contributed by atoms with Crippen molar-refractivity contribution in [3.8, 4) is 23.0 Å². The third kappa shape index (κ3) is 4.46. The number of nitrogens with zero attached hydrogens (tertiary/aromatic N) is 1. The summed E-state index contributed by atoms with van der Waals surface area (Å²) in [4.78, 5) is 28.0. The van der Waals surface area contributed by atoms with Crippen LogP contribution in [0.2, 0.25) is 5.02 Å². The molecule has 4 aromatic rings. The minimum Gasteiger partial charge on any atom is -0.507 e. The first kappa shape index (κ1) is 25.0. The van der Waals surface area contributed by atoms with Gasteiger partial charge in [-0.1, -0.05) is 29.8 Å². The molecule has 1 aliphatic heterocycles. The first-order valence-corrected chi connectivity index (χ1v) is 11.9. The molecule has 0 radical (unpaired) electrons. The molecule has 1 unspecified atom stereocenters. The van der Waals surface area contributed by atoms with E-state index in [0.29, 0.717) is 22.9 Å². The number of rotatable bonds is 7. The van der Waals surface area contributed by atoms with Gasteiger partial charge in [-0.15, -0.1) is 0 Å². The average molecular weight is 532 g/mol. The van der Waals surface area contributed by atoms with Gasteiger partial charge in [0.05, 0.1) is 36.6 Å². The van der Waals surface area contributed by atoms with Crippen LogP contribution in [0.3, 0.4) is 0 Å². The van der Waals surface area contributed by atoms with E-state index in [2.05, 4.69) is 0 Å². The van der Waals surface area contributed by atoms with Gasteiger partial charge in [0.15, 0.2) is 0 Å². The van der Waals surface area contributed by atoms with E-state index in [1.807, 2.05) is 30.3 Å². The number of methoxy groups -OCH3 is 2. The van der Waals surface area contributed by atoms with Gasteiger partial charge in [0.1, 0.15) is 40.6 Å². The fraction of sp³-hybridized carbons (Fsp3) is 0.103. The number of benzene rings is 3. The van der Waals surface area contributed by atoms with Crippen LogP contribution < -0.4 is 19.1 Å². The highest BCUT2D eigenvalue weighted by atomic mass is 35.5. The lowest BCUT2D eigenvalue weighted by atomic mass is 9.98. The number of aliphatic hydroxyl groups excluding tert-OH is 1. The highest BCUT2D eigenvalue weighted by molar-refractivity contribution is 6.51. The summed E-state index contributed by atoms with van der Waals surface area (Å²) in [7, 11) is 2.85. The second kappa shape index (κ2) is 10.4. The summed E-state index contributed by atoms with van der Waals surface area (Å²) in [6.45, 7) is 0. The maximum atomic E-state index is 13.4. The standard InChI is InChI=1S/C29H22ClNO7/c1-35-23-16-24(36-2)21(30)15-20(23)27(32)25-26(22-9-6-14-37-22)31(29(34)28(25)33)17-10-12-19(13-11-17)38-18-7-4-3-5-8-18/h3-16,26,32H,1-2H3/b27-25-. The van der Waals surface area contributed by atoms with Crippen molar-refractivity contribution in [3.05, 3.63) is 107 Å². The number of ether oxygens (including phenoxy) is 3. The largest absolute Gasteiger partial charge is 0.507 e. The summed E-state index contributed by atoms with van der Waals surface area (Å²) in [6, 6.07) is 21.1. The van der Waals surface area contributed by atoms with Gasteiger partial charge in [-0.05, 0) is 54.6 Å². The minimum atomic E-state index is -1.04. The number of Topliss-reactive ketones (excluding diaryl/α,β-unsaturated/α-hetero) is 1. The molecule has 1 fully saturated rings. The van der Waals surface area contributed by atoms with Crippen LogP contribution in [0.1, 0.15) is 17.4 Å². The van der Waals surface area contributed by atoms with E-state index in [4.69, 9.17) is 30.2 Å². The summed E-state index contributed by atoms with van der Waals surface area (Å²) >= 11 is 6.30. The first-order valence-electron chi connectivity index (χ1n) is 11.5. The average Bonchev–Trinajstić information content (AvgIpc) is 3.56. The lowest BCUT2D eigenvalue weighted by molar-refractivity contribution is -0.132. The number of aliphatic hydroxyl groups is 1. The van der Waals surface area contributed by atoms with Crippen molar-refractivity contribution in [1.82, 2.24) is 0 Å². The maximum Gasteiger partial charge on any atom is 0.300 e. The van der Waals surface area contributed by atoms with E-state index in [-0.39, 0.29) is 27.7 Å². The molecule has 1 aliphatic rings. The van der Waals surface area contributed by atoms with Crippen LogP contribution in [-0.4, -0.2) is 31.0 Å². The van der Waals surface area contributed by atoms with E-state index in [1.54, 1.807) is 36.4 Å². The fourth-order valence-corrected chi connectivity index (χ4v) is 4.55. The van der Waals surface area contributed by atoms with Gasteiger partial charge in [-0.3, -0.25) is 14.5 Å². The lowest BCUT2D eigenvalue weighted by Gasteiger charge is -2.23. The van der Waals surface area contributed by atoms with Crippen LogP contribution in [0.4, 0.5) is 5.69 Å². The summed E-state index contributed by atoms with van der Waals surface area (Å²) in [5, 5.41) is 11.6. The Morgan fingerprint density at radius 1 is 0.895 bits per heavy atom. The second-order valence-electron chi connectivity index (χ2n) is 8.28. The number of halogens is 1. The molecule has 8 nitrogen and oxygen atoms in total. The third-order valence-electron chi connectivity index (χ3n) is 6.08. The molecule has 0 bridgehead atoms. The van der Waals surface area contributed by atoms with Crippen LogP contribution in [0.25, 0.3) is 5.76 Å². The first-order chi connectivity index (χ1) is 18.4. The molecule has 0 aliphatic carbocycles. The number of ketones is 1. The number of furan rings is 1. The number of carbonyl (C=O) groups is 2. The van der Waals surface area contributed by atoms with Gasteiger partial charge < -0.3 is 23.7 Å². The van der Waals surface area contributed by atoms with Gasteiger partial charge in [0.2, 0.25) is 0 Å². The van der Waals surface area contributed by atoms with E-state index in [0.717, 1.165) is 0 Å². The Kier molecular flexibility index (Phi) is 6.81. The summed E-state index contributed by atoms with van der Waals surface area (Å²) in [5.74, 6) is -0.166. The van der Waals surface area contributed by atoms with Gasteiger partial charge in [-0.25, -0.2) is 0 Å². The van der Waals surface area contributed by atoms with Crippen LogP contribution in [0.15, 0.2) is 95.1 Å². The highest BCUT2D eigenvalue weighted by Gasteiger charge is 2.48. The molecule has 192 valence electrons. The molecule has 1 saturated heterocycles. The molecule has 1 atom stereocenters. The zero-order chi connectivity index (χ0) is 26.8. The maximum absolute atomic E-state index is 13.4. The molecular weight excluding hydrogens is 510 g/mol. The van der Waals surface area contributed by atoms with Gasteiger partial charge in [-0.2, -0.15) is 0 Å². The number of carbonyl (C=O) groups excluding carboxylic acids is 2. The topological polar surface area (TPSA) is 98.4 Å². The molecule has 1 amide bonds. The van der Waals surface area contributed by atoms with Crippen LogP contribution in [0.5, 0.6) is 23.0 Å². The van der Waals surface area contributed by atoms with Crippen LogP contribution >= 0.6 is 11.6 Å². The number of amides is 1. The number of hydrogen-bond donors (Lipinski definition) is 1. The molecule has 0 spiro atoms. The Morgan fingerprint density at radius 3 is 2.21 bits per heavy atom. The van der Waals surface area contributed by atoms with Gasteiger partial charge in [0.25, 0.3) is 11.7 Å². The predicted octanol–water partition coefficient (Wildman–Crippen LogP) is 6.37. The Hall–Kier alpha value is -4.69. The molecule has 0 saturated carbocycles. The molecule has 1 aromatic heterocycles. The van der Waals surface area contributed by atoms with Crippen molar-refractivity contribution in [3.63, 3.8) is 0 Å². The molecule has 1 N–H and O–H groups in total. The Balaban J connectivity index is 1.59. The lowest BCUT2D eigenvalue weighted by Crippen LogP contribution is -2.29. The van der Waals surface area contributed by atoms with E-state index >= 15 is 0 Å². The third-order valence-corrected chi connectivity index (χ3v) is 6.38. The van der Waals surface area contributed by atoms with Crippen molar-refractivity contribution in [1.29, 1.82) is 0 Å². The monoisotopic (exact) mass is 531 g/mol. The molecule has 9 heteroatoms. The van der Waals surface area contributed by atoms with E-state index in [1.165, 1.54) is 37.5 Å². The van der Waals surface area contributed by atoms with Crippen molar-refractivity contribution in [2.24, 2.45) is 0 Å². The molecule has 38 heavy (non-hydrogen) atoms. The fourth-order valence-electron chi connectivity index (χ4n) is 4.30. The van der Waals surface area contributed by atoms with Crippen molar-refractivity contribution in [2.45, 2.75) is 6.04 Å². The van der Waals surface area contributed by atoms with Crippen molar-refractivity contribution in [2.75, 3.05) is 19.1 Å². The van der Waals surface area contributed by atoms with Crippen LogP contribution in [0, 0.1) is 0 Å². The Bertz CT molecular complexity index is 1510. The van der Waals surface area contributed by atoms with Crippen LogP contribution in [-0.2, 0) is 9.59 Å². The molecule has 2 heterocycles. The zero-order valence-corrected chi connectivity index (χ0v) is 21.1. The molecular formula is C29H22ClNO7. The van der Waals surface area contributed by atoms with Crippen molar-refractivity contribution < 1.29 is 33.3 Å². The van der Waals surface area contributed by atoms with Crippen molar-refractivity contribution >= 4 is 34.7 Å². The number of para-hydroxylation sites is 1. The quantitative estimate of drug-likeness (QED) is 0.168. The Morgan fingerprint density at radius 2 is 1.58 bits per heavy atom. The summed E-state index contributed by atoms with van der Waals surface area (Å²) < 4.78 is 22.1. The van der Waals surface area contributed by atoms with E-state index < -0.39 is 23.5 Å². The second-order valence-corrected chi connectivity index (χ2v) is 8.69. The zero-order valence-electron chi connectivity index (χ0n) is 20.4. The SMILES string of the molecule is COc1cc(OC)c(/C(O)=C2/C(=O)C(=O)N(c3ccc(Oc4ccccc4)cc3)C2c2ccco2)cc1Cl. The highest BCUT2D eigenvalue weighted by Crippen LogP contribution is 2.45. The summed E-state index contributed by atoms with van der Waals surface area (Å²) in [6.07, 6.45) is 1.43. The summed E-state index contributed by atoms with van der Waals surface area (Å²) in [5.41, 5.74) is 0.362. The minimum absolute atomic E-state index is 0.125. The molecule has 5 rings (SSSR count). The Labute approximate surface area is 223 Å². The van der Waals surface area contributed by atoms with E-state index in [9.17, 15) is 14.7 Å². The predicted molar refractivity (Wildman–Crippen MR) is 141 cm³/mol. The number of anilines is 1. The normalized spacial score (nSPS) is 16.5. The van der Waals surface area contributed by atoms with Gasteiger partial charge >= 0.3 is 0 Å². The van der Waals surface area contributed by atoms with Gasteiger partial charge in [0, 0.05) is 11.8 Å².